The third-order valence-corrected chi connectivity index (χ3v) is 6.74. The van der Waals surface area contributed by atoms with Gasteiger partial charge in [0.1, 0.15) is 0 Å². The van der Waals surface area contributed by atoms with Crippen molar-refractivity contribution in [1.29, 1.82) is 0 Å². The zero-order chi connectivity index (χ0) is 18.0. The highest BCUT2D eigenvalue weighted by Crippen LogP contribution is 2.39. The predicted octanol–water partition coefficient (Wildman–Crippen LogP) is 4.05. The quantitative estimate of drug-likeness (QED) is 0.829. The molecule has 136 valence electrons. The van der Waals surface area contributed by atoms with Crippen molar-refractivity contribution < 1.29 is 4.79 Å². The molecule has 1 spiro atoms. The molecule has 1 atom stereocenters. The largest absolute Gasteiger partial charge is 0.350 e. The molecule has 2 aliphatic heterocycles. The van der Waals surface area contributed by atoms with Crippen molar-refractivity contribution in [3.05, 3.63) is 65.7 Å². The summed E-state index contributed by atoms with van der Waals surface area (Å²) in [7, 11) is 0. The molecular weight excluding hydrogens is 340 g/mol. The lowest BCUT2D eigenvalue weighted by Gasteiger charge is -2.39. The van der Waals surface area contributed by atoms with Crippen molar-refractivity contribution in [2.45, 2.75) is 42.2 Å². The van der Waals surface area contributed by atoms with Gasteiger partial charge in [-0.2, -0.15) is 0 Å². The van der Waals surface area contributed by atoms with Gasteiger partial charge in [0.25, 0.3) is 0 Å². The molecule has 2 heterocycles. The van der Waals surface area contributed by atoms with Crippen LogP contribution in [0.4, 0.5) is 0 Å². The minimum Gasteiger partial charge on any atom is -0.350 e. The normalized spacial score (nSPS) is 22.5. The number of nitrogens with one attached hydrogen (secondary N) is 1. The van der Waals surface area contributed by atoms with Gasteiger partial charge in [-0.05, 0) is 42.7 Å². The summed E-state index contributed by atoms with van der Waals surface area (Å²) >= 11 is 1.82. The number of thioether (sulfide) groups is 1. The van der Waals surface area contributed by atoms with Crippen LogP contribution in [0.5, 0.6) is 0 Å². The van der Waals surface area contributed by atoms with Crippen LogP contribution in [0.3, 0.4) is 0 Å². The molecule has 0 saturated carbocycles. The molecule has 0 bridgehead atoms. The highest BCUT2D eigenvalue weighted by molar-refractivity contribution is 7.98. The molecule has 2 saturated heterocycles. The second-order valence-corrected chi connectivity index (χ2v) is 8.37. The maximum absolute atomic E-state index is 12.6. The summed E-state index contributed by atoms with van der Waals surface area (Å²) in [6.45, 7) is 3.10. The third-order valence-electron chi connectivity index (χ3n) is 5.90. The van der Waals surface area contributed by atoms with Crippen LogP contribution in [0.2, 0.25) is 0 Å². The number of nitrogens with zero attached hydrogens (tertiary/aromatic N) is 1. The number of hydrogen-bond acceptors (Lipinski definition) is 3. The zero-order valence-corrected chi connectivity index (χ0v) is 16.1. The van der Waals surface area contributed by atoms with Gasteiger partial charge in [0.15, 0.2) is 0 Å². The Morgan fingerprint density at radius 1 is 1.08 bits per heavy atom. The average molecular weight is 367 g/mol. The molecule has 4 heteroatoms. The van der Waals surface area contributed by atoms with E-state index >= 15 is 0 Å². The summed E-state index contributed by atoms with van der Waals surface area (Å²) in [6.07, 6.45) is 5.17. The molecule has 2 aromatic rings. The standard InChI is InChI=1S/C22H26N2OS/c1-26-20-10-6-5-9-18(20)16-24-13-11-22(12-14-24)15-19(21(25)23-22)17-7-3-2-4-8-17/h2-10,19H,11-16H2,1H3,(H,23,25)/t19-/m1/s1. The molecule has 0 aliphatic carbocycles. The van der Waals surface area contributed by atoms with Crippen LogP contribution < -0.4 is 5.32 Å². The maximum Gasteiger partial charge on any atom is 0.228 e. The van der Waals surface area contributed by atoms with Gasteiger partial charge in [-0.15, -0.1) is 11.8 Å². The van der Waals surface area contributed by atoms with E-state index < -0.39 is 0 Å². The van der Waals surface area contributed by atoms with Crippen molar-refractivity contribution >= 4 is 17.7 Å². The highest BCUT2D eigenvalue weighted by atomic mass is 32.2. The number of carbonyl (C=O) groups is 1. The fourth-order valence-corrected chi connectivity index (χ4v) is 4.99. The number of rotatable bonds is 4. The monoisotopic (exact) mass is 366 g/mol. The maximum atomic E-state index is 12.6. The van der Waals surface area contributed by atoms with Gasteiger partial charge >= 0.3 is 0 Å². The molecule has 1 amide bonds. The Morgan fingerprint density at radius 3 is 2.50 bits per heavy atom. The molecule has 2 aromatic carbocycles. The highest BCUT2D eigenvalue weighted by Gasteiger charge is 2.46. The van der Waals surface area contributed by atoms with Crippen molar-refractivity contribution in [2.24, 2.45) is 0 Å². The SMILES string of the molecule is CSc1ccccc1CN1CCC2(CC1)C[C@H](c1ccccc1)C(=O)N2. The molecular formula is C22H26N2OS. The summed E-state index contributed by atoms with van der Waals surface area (Å²) in [4.78, 5) is 16.5. The van der Waals surface area contributed by atoms with E-state index in [0.29, 0.717) is 0 Å². The van der Waals surface area contributed by atoms with Gasteiger partial charge in [-0.1, -0.05) is 48.5 Å². The van der Waals surface area contributed by atoms with Crippen molar-refractivity contribution in [1.82, 2.24) is 10.2 Å². The Bertz CT molecular complexity index is 769. The molecule has 2 aliphatic rings. The first-order valence-corrected chi connectivity index (χ1v) is 10.6. The number of amides is 1. The molecule has 0 unspecified atom stereocenters. The predicted molar refractivity (Wildman–Crippen MR) is 107 cm³/mol. The Hall–Kier alpha value is -1.78. The Balaban J connectivity index is 1.40. The van der Waals surface area contributed by atoms with E-state index in [0.717, 1.165) is 44.5 Å². The molecule has 2 fully saturated rings. The summed E-state index contributed by atoms with van der Waals surface area (Å²) in [6, 6.07) is 18.9. The van der Waals surface area contributed by atoms with Gasteiger partial charge in [0.05, 0.1) is 5.92 Å². The fraction of sp³-hybridized carbons (Fsp3) is 0.409. The van der Waals surface area contributed by atoms with Crippen LogP contribution in [-0.4, -0.2) is 35.7 Å². The van der Waals surface area contributed by atoms with Crippen LogP contribution in [0.15, 0.2) is 59.5 Å². The van der Waals surface area contributed by atoms with E-state index in [-0.39, 0.29) is 17.4 Å². The van der Waals surface area contributed by atoms with Crippen molar-refractivity contribution in [2.75, 3.05) is 19.3 Å². The number of benzene rings is 2. The number of hydrogen-bond donors (Lipinski definition) is 1. The summed E-state index contributed by atoms with van der Waals surface area (Å²) in [5.74, 6) is 0.220. The second kappa shape index (κ2) is 7.45. The fourth-order valence-electron chi connectivity index (χ4n) is 4.38. The minimum atomic E-state index is -0.00683. The number of likely N-dealkylation sites (tertiary alicyclic amines) is 1. The molecule has 26 heavy (non-hydrogen) atoms. The Morgan fingerprint density at radius 2 is 1.77 bits per heavy atom. The van der Waals surface area contributed by atoms with E-state index in [9.17, 15) is 4.79 Å². The van der Waals surface area contributed by atoms with E-state index in [1.165, 1.54) is 10.5 Å². The van der Waals surface area contributed by atoms with E-state index in [1.54, 1.807) is 0 Å². The van der Waals surface area contributed by atoms with E-state index in [1.807, 2.05) is 30.0 Å². The topological polar surface area (TPSA) is 32.3 Å². The number of carbonyl (C=O) groups excluding carboxylic acids is 1. The Labute approximate surface area is 160 Å². The summed E-state index contributed by atoms with van der Waals surface area (Å²) in [5, 5.41) is 3.36. The molecule has 3 nitrogen and oxygen atoms in total. The first-order valence-electron chi connectivity index (χ1n) is 9.40. The van der Waals surface area contributed by atoms with Crippen LogP contribution in [0, 0.1) is 0 Å². The van der Waals surface area contributed by atoms with Crippen molar-refractivity contribution in [3.8, 4) is 0 Å². The smallest absolute Gasteiger partial charge is 0.228 e. The first kappa shape index (κ1) is 17.6. The summed E-state index contributed by atoms with van der Waals surface area (Å²) in [5.41, 5.74) is 2.55. The van der Waals surface area contributed by atoms with Crippen LogP contribution in [0.1, 0.15) is 36.3 Å². The average Bonchev–Trinajstić information content (AvgIpc) is 3.01. The van der Waals surface area contributed by atoms with Crippen LogP contribution in [0.25, 0.3) is 0 Å². The van der Waals surface area contributed by atoms with Gasteiger partial charge in [0, 0.05) is 30.1 Å². The Kier molecular flexibility index (Phi) is 5.05. The molecule has 1 N–H and O–H groups in total. The van der Waals surface area contributed by atoms with E-state index in [4.69, 9.17) is 0 Å². The number of piperidine rings is 1. The lowest BCUT2D eigenvalue weighted by Crippen LogP contribution is -2.50. The zero-order valence-electron chi connectivity index (χ0n) is 15.3. The van der Waals surface area contributed by atoms with Gasteiger partial charge < -0.3 is 5.32 Å². The van der Waals surface area contributed by atoms with Crippen molar-refractivity contribution in [3.63, 3.8) is 0 Å². The molecule has 4 rings (SSSR count). The minimum absolute atomic E-state index is 0.00683. The lowest BCUT2D eigenvalue weighted by atomic mass is 9.82. The first-order chi connectivity index (χ1) is 12.7. The summed E-state index contributed by atoms with van der Waals surface area (Å²) < 4.78 is 0. The van der Waals surface area contributed by atoms with Gasteiger partial charge in [-0.3, -0.25) is 9.69 Å². The third kappa shape index (κ3) is 3.53. The van der Waals surface area contributed by atoms with Gasteiger partial charge in [-0.25, -0.2) is 0 Å². The molecule has 0 aromatic heterocycles. The van der Waals surface area contributed by atoms with Crippen LogP contribution in [-0.2, 0) is 11.3 Å². The molecule has 0 radical (unpaired) electrons. The van der Waals surface area contributed by atoms with Gasteiger partial charge in [0.2, 0.25) is 5.91 Å². The van der Waals surface area contributed by atoms with E-state index in [2.05, 4.69) is 52.9 Å². The lowest BCUT2D eigenvalue weighted by molar-refractivity contribution is -0.121. The van der Waals surface area contributed by atoms with Crippen LogP contribution >= 0.6 is 11.8 Å². The second-order valence-electron chi connectivity index (χ2n) is 7.52.